The van der Waals surface area contributed by atoms with E-state index >= 15 is 0 Å². The Morgan fingerprint density at radius 2 is 2.04 bits per heavy atom. The lowest BCUT2D eigenvalue weighted by atomic mass is 9.71. The maximum atomic E-state index is 13.2. The molecule has 6 heteroatoms. The number of nitrogens with one attached hydrogen (secondary N) is 1. The lowest BCUT2D eigenvalue weighted by Gasteiger charge is -2.34. The normalized spacial score (nSPS) is 24.1. The van der Waals surface area contributed by atoms with Crippen LogP contribution in [0.15, 0.2) is 34.8 Å². The zero-order valence-electron chi connectivity index (χ0n) is 14.4. The fourth-order valence-corrected chi connectivity index (χ4v) is 4.39. The molecule has 2 atom stereocenters. The van der Waals surface area contributed by atoms with Crippen LogP contribution in [0.3, 0.4) is 0 Å². The second kappa shape index (κ2) is 5.93. The number of hydrogen-bond donors (Lipinski definition) is 2. The molecular weight excluding hydrogens is 398 g/mol. The van der Waals surface area contributed by atoms with Crippen LogP contribution in [0.4, 0.5) is 5.69 Å². The van der Waals surface area contributed by atoms with Crippen molar-refractivity contribution >= 4 is 33.3 Å². The van der Waals surface area contributed by atoms with Crippen LogP contribution in [-0.2, 0) is 16.8 Å². The highest BCUT2D eigenvalue weighted by atomic mass is 79.9. The third-order valence-electron chi connectivity index (χ3n) is 5.40. The Morgan fingerprint density at radius 3 is 2.77 bits per heavy atom. The molecular formula is C20H18BrNO4. The Labute approximate surface area is 159 Å². The van der Waals surface area contributed by atoms with Crippen LogP contribution in [0, 0.1) is 12.8 Å². The summed E-state index contributed by atoms with van der Waals surface area (Å²) in [5.41, 5.74) is 1.44. The van der Waals surface area contributed by atoms with Gasteiger partial charge in [0.15, 0.2) is 11.4 Å². The number of hydrogen-bond acceptors (Lipinski definition) is 4. The Bertz CT molecular complexity index is 955. The van der Waals surface area contributed by atoms with Crippen LogP contribution < -0.4 is 10.1 Å². The number of anilines is 1. The van der Waals surface area contributed by atoms with Gasteiger partial charge >= 0.3 is 0 Å². The van der Waals surface area contributed by atoms with E-state index in [2.05, 4.69) is 21.2 Å². The number of benzene rings is 2. The number of aliphatic hydroxyl groups is 1. The lowest BCUT2D eigenvalue weighted by Crippen LogP contribution is -2.47. The molecule has 2 aliphatic rings. The molecule has 0 aromatic heterocycles. The maximum Gasteiger partial charge on any atom is 0.261 e. The SMILES string of the molecule is COc1cc2c(cc1C)C(=O)[C@@H]([C@@]1(O)C(=O)Nc3ccc(Br)cc31)CC2. The molecule has 1 aliphatic carbocycles. The summed E-state index contributed by atoms with van der Waals surface area (Å²) < 4.78 is 6.09. The number of methoxy groups -OCH3 is 1. The van der Waals surface area contributed by atoms with E-state index in [1.54, 1.807) is 31.4 Å². The first kappa shape index (κ1) is 17.2. The Kier molecular flexibility index (Phi) is 3.93. The molecule has 0 saturated heterocycles. The van der Waals surface area contributed by atoms with Crippen molar-refractivity contribution in [2.75, 3.05) is 12.4 Å². The van der Waals surface area contributed by atoms with Crippen molar-refractivity contribution in [1.82, 2.24) is 0 Å². The predicted molar refractivity (Wildman–Crippen MR) is 101 cm³/mol. The third-order valence-corrected chi connectivity index (χ3v) is 5.89. The Balaban J connectivity index is 1.81. The summed E-state index contributed by atoms with van der Waals surface area (Å²) in [7, 11) is 1.60. The maximum absolute atomic E-state index is 13.2. The van der Waals surface area contributed by atoms with Gasteiger partial charge in [0, 0.05) is 21.3 Å². The molecule has 2 aromatic rings. The topological polar surface area (TPSA) is 75.6 Å². The first-order valence-electron chi connectivity index (χ1n) is 8.42. The Morgan fingerprint density at radius 1 is 1.27 bits per heavy atom. The van der Waals surface area contributed by atoms with Crippen molar-refractivity contribution in [3.05, 3.63) is 57.1 Å². The number of carbonyl (C=O) groups excluding carboxylic acids is 2. The summed E-state index contributed by atoms with van der Waals surface area (Å²) in [6.07, 6.45) is 0.995. The summed E-state index contributed by atoms with van der Waals surface area (Å²) in [4.78, 5) is 25.8. The monoisotopic (exact) mass is 415 g/mol. The van der Waals surface area contributed by atoms with Crippen molar-refractivity contribution in [3.8, 4) is 5.75 Å². The minimum atomic E-state index is -1.86. The second-order valence-corrected chi connectivity index (χ2v) is 7.76. The molecule has 0 saturated carbocycles. The summed E-state index contributed by atoms with van der Waals surface area (Å²) in [5.74, 6) is -0.833. The lowest BCUT2D eigenvalue weighted by molar-refractivity contribution is -0.138. The van der Waals surface area contributed by atoms with E-state index in [9.17, 15) is 14.7 Å². The molecule has 0 unspecified atom stereocenters. The van der Waals surface area contributed by atoms with Crippen molar-refractivity contribution in [3.63, 3.8) is 0 Å². The number of Topliss-reactive ketones (excluding diaryl/α,β-unsaturated/α-hetero) is 1. The highest BCUT2D eigenvalue weighted by Gasteiger charge is 2.54. The number of ketones is 1. The van der Waals surface area contributed by atoms with Crippen molar-refractivity contribution < 1.29 is 19.4 Å². The number of aryl methyl sites for hydroxylation is 2. The van der Waals surface area contributed by atoms with Crippen LogP contribution >= 0.6 is 15.9 Å². The molecule has 26 heavy (non-hydrogen) atoms. The number of ether oxygens (including phenoxy) is 1. The number of rotatable bonds is 2. The van der Waals surface area contributed by atoms with Gasteiger partial charge in [0.05, 0.1) is 13.0 Å². The first-order chi connectivity index (χ1) is 12.4. The molecule has 2 N–H and O–H groups in total. The molecule has 0 bridgehead atoms. The van der Waals surface area contributed by atoms with Gasteiger partial charge in [-0.25, -0.2) is 0 Å². The minimum absolute atomic E-state index is 0.206. The van der Waals surface area contributed by atoms with Gasteiger partial charge in [0.25, 0.3) is 5.91 Å². The van der Waals surface area contributed by atoms with Gasteiger partial charge in [-0.15, -0.1) is 0 Å². The van der Waals surface area contributed by atoms with Gasteiger partial charge in [0.2, 0.25) is 0 Å². The number of fused-ring (bicyclic) bond motifs is 2. The van der Waals surface area contributed by atoms with E-state index in [1.165, 1.54) is 0 Å². The highest BCUT2D eigenvalue weighted by Crippen LogP contribution is 2.47. The van der Waals surface area contributed by atoms with E-state index in [-0.39, 0.29) is 5.78 Å². The van der Waals surface area contributed by atoms with Crippen LogP contribution in [0.1, 0.15) is 33.5 Å². The van der Waals surface area contributed by atoms with Crippen molar-refractivity contribution in [1.29, 1.82) is 0 Å². The fourth-order valence-electron chi connectivity index (χ4n) is 4.03. The zero-order valence-corrected chi connectivity index (χ0v) is 16.0. The van der Waals surface area contributed by atoms with Crippen molar-refractivity contribution in [2.24, 2.45) is 5.92 Å². The van der Waals surface area contributed by atoms with E-state index in [4.69, 9.17) is 4.74 Å². The molecule has 134 valence electrons. The highest BCUT2D eigenvalue weighted by molar-refractivity contribution is 9.10. The fraction of sp³-hybridized carbons (Fsp3) is 0.300. The average molecular weight is 416 g/mol. The van der Waals surface area contributed by atoms with Crippen LogP contribution in [0.25, 0.3) is 0 Å². The average Bonchev–Trinajstić information content (AvgIpc) is 2.87. The molecule has 0 spiro atoms. The summed E-state index contributed by atoms with van der Waals surface area (Å²) in [5, 5.41) is 14.1. The smallest absolute Gasteiger partial charge is 0.261 e. The first-order valence-corrected chi connectivity index (χ1v) is 9.21. The molecule has 4 rings (SSSR count). The standard InChI is InChI=1S/C20H18BrNO4/c1-10-7-13-11(8-17(10)26-2)3-5-14(18(13)23)20(25)15-9-12(21)4-6-16(15)22-19(20)24/h4,6-9,14,25H,3,5H2,1-2H3,(H,22,24)/t14-,20-/m0/s1. The quantitative estimate of drug-likeness (QED) is 0.788. The molecule has 5 nitrogen and oxygen atoms in total. The molecule has 1 amide bonds. The van der Waals surface area contributed by atoms with Gasteiger partial charge in [-0.3, -0.25) is 9.59 Å². The number of carbonyl (C=O) groups is 2. The third kappa shape index (κ3) is 2.32. The second-order valence-electron chi connectivity index (χ2n) is 6.84. The van der Waals surface area contributed by atoms with Crippen LogP contribution in [0.5, 0.6) is 5.75 Å². The molecule has 2 aromatic carbocycles. The van der Waals surface area contributed by atoms with Gasteiger partial charge in [-0.1, -0.05) is 15.9 Å². The van der Waals surface area contributed by atoms with Crippen molar-refractivity contribution in [2.45, 2.75) is 25.4 Å². The molecule has 0 fully saturated rings. The van der Waals surface area contributed by atoms with Gasteiger partial charge in [0.1, 0.15) is 5.75 Å². The van der Waals surface area contributed by atoms with Crippen LogP contribution in [0.2, 0.25) is 0 Å². The largest absolute Gasteiger partial charge is 0.496 e. The predicted octanol–water partition coefficient (Wildman–Crippen LogP) is 3.35. The minimum Gasteiger partial charge on any atom is -0.496 e. The summed E-state index contributed by atoms with van der Waals surface area (Å²) >= 11 is 3.38. The summed E-state index contributed by atoms with van der Waals surface area (Å²) in [6.45, 7) is 1.87. The van der Waals surface area contributed by atoms with E-state index in [1.807, 2.05) is 13.0 Å². The van der Waals surface area contributed by atoms with E-state index in [0.29, 0.717) is 29.7 Å². The summed E-state index contributed by atoms with van der Waals surface area (Å²) in [6, 6.07) is 8.89. The van der Waals surface area contributed by atoms with E-state index < -0.39 is 17.4 Å². The van der Waals surface area contributed by atoms with Gasteiger partial charge in [-0.2, -0.15) is 0 Å². The molecule has 1 aliphatic heterocycles. The zero-order chi connectivity index (χ0) is 18.6. The molecule has 1 heterocycles. The number of halogens is 1. The van der Waals surface area contributed by atoms with Gasteiger partial charge in [-0.05, 0) is 61.2 Å². The number of amides is 1. The van der Waals surface area contributed by atoms with Crippen LogP contribution in [-0.4, -0.2) is 23.9 Å². The van der Waals surface area contributed by atoms with Gasteiger partial charge < -0.3 is 15.2 Å². The Hall–Kier alpha value is -2.18. The van der Waals surface area contributed by atoms with E-state index in [0.717, 1.165) is 21.3 Å². The molecule has 0 radical (unpaired) electrons.